The minimum atomic E-state index is -1.89. The Bertz CT molecular complexity index is 196. The quantitative estimate of drug-likeness (QED) is 0.370. The van der Waals surface area contributed by atoms with Crippen molar-refractivity contribution in [2.75, 3.05) is 0 Å². The molecule has 0 aliphatic heterocycles. The van der Waals surface area contributed by atoms with Crippen LogP contribution in [0.25, 0.3) is 0 Å². The molecule has 4 heteroatoms. The zero-order valence-electron chi connectivity index (χ0n) is 5.57. The first-order chi connectivity index (χ1) is 4.66. The van der Waals surface area contributed by atoms with Crippen LogP contribution in [0.4, 0.5) is 0 Å². The highest BCUT2D eigenvalue weighted by Gasteiger charge is 1.84. The lowest BCUT2D eigenvalue weighted by atomic mass is 10.3. The van der Waals surface area contributed by atoms with E-state index in [-0.39, 0.29) is 0 Å². The smallest absolute Gasteiger partial charge is 0.179 e. The van der Waals surface area contributed by atoms with E-state index in [2.05, 4.69) is 0 Å². The van der Waals surface area contributed by atoms with Crippen LogP contribution in [-0.2, 0) is 11.1 Å². The molecule has 56 valence electrons. The number of allylic oxidation sites excluding steroid dienone is 3. The average Bonchev–Trinajstić information content (AvgIpc) is 1.82. The molecule has 1 unspecified atom stereocenters. The van der Waals surface area contributed by atoms with Crippen LogP contribution in [0.1, 0.15) is 6.92 Å². The number of hydrogen-bond acceptors (Lipinski definition) is 2. The molecule has 0 aromatic carbocycles. The van der Waals surface area contributed by atoms with Crippen LogP contribution >= 0.6 is 0 Å². The van der Waals surface area contributed by atoms with Gasteiger partial charge in [0, 0.05) is 11.6 Å². The first-order valence-electron chi connectivity index (χ1n) is 2.62. The molecule has 0 aliphatic carbocycles. The number of hydrogen-bond donors (Lipinski definition) is 2. The number of rotatable bonds is 3. The molecule has 3 nitrogen and oxygen atoms in total. The van der Waals surface area contributed by atoms with Crippen LogP contribution < -0.4 is 0 Å². The van der Waals surface area contributed by atoms with Crippen molar-refractivity contribution in [1.82, 2.24) is 0 Å². The zero-order valence-corrected chi connectivity index (χ0v) is 6.39. The summed E-state index contributed by atoms with van der Waals surface area (Å²) in [5.74, 6) is 0. The molecular weight excluding hydrogens is 150 g/mol. The molecule has 10 heavy (non-hydrogen) atoms. The van der Waals surface area contributed by atoms with Gasteiger partial charge in [0.1, 0.15) is 0 Å². The second kappa shape index (κ2) is 5.08. The van der Waals surface area contributed by atoms with E-state index in [0.29, 0.717) is 5.57 Å². The van der Waals surface area contributed by atoms with E-state index in [4.69, 9.17) is 9.96 Å². The van der Waals surface area contributed by atoms with Gasteiger partial charge in [-0.2, -0.15) is 0 Å². The Morgan fingerprint density at radius 1 is 1.70 bits per heavy atom. The van der Waals surface area contributed by atoms with E-state index >= 15 is 0 Å². The predicted octanol–water partition coefficient (Wildman–Crippen LogP) is 1.32. The molecule has 0 radical (unpaired) electrons. The maximum Gasteiger partial charge on any atom is 0.179 e. The third-order valence-corrected chi connectivity index (χ3v) is 1.32. The van der Waals surface area contributed by atoms with Gasteiger partial charge in [0.2, 0.25) is 0 Å². The summed E-state index contributed by atoms with van der Waals surface area (Å²) >= 11 is -1.89. The summed E-state index contributed by atoms with van der Waals surface area (Å²) in [5, 5.41) is 7.80. The van der Waals surface area contributed by atoms with Crippen LogP contribution in [0.3, 0.4) is 0 Å². The molecule has 0 saturated heterocycles. The van der Waals surface area contributed by atoms with Crippen molar-refractivity contribution in [3.05, 3.63) is 23.1 Å². The Morgan fingerprint density at radius 2 is 2.30 bits per heavy atom. The Labute approximate surface area is 62.2 Å². The molecule has 0 fully saturated rings. The van der Waals surface area contributed by atoms with Gasteiger partial charge in [-0.3, -0.25) is 0 Å². The molecule has 0 saturated carbocycles. The minimum Gasteiger partial charge on any atom is -0.309 e. The zero-order chi connectivity index (χ0) is 7.98. The van der Waals surface area contributed by atoms with Crippen LogP contribution in [0.5, 0.6) is 0 Å². The topological polar surface area (TPSA) is 61.2 Å². The average molecular weight is 159 g/mol. The Hall–Kier alpha value is -0.740. The van der Waals surface area contributed by atoms with Gasteiger partial charge in [0.15, 0.2) is 11.1 Å². The van der Waals surface area contributed by atoms with Crippen molar-refractivity contribution in [3.8, 4) is 0 Å². The van der Waals surface area contributed by atoms with E-state index in [1.807, 2.05) is 0 Å². The fraction of sp³-hybridized carbons (Fsp3) is 0.167. The largest absolute Gasteiger partial charge is 0.309 e. The van der Waals surface area contributed by atoms with E-state index in [1.54, 1.807) is 13.0 Å². The number of nitrogens with one attached hydrogen (secondary N) is 1. The van der Waals surface area contributed by atoms with Gasteiger partial charge in [-0.1, -0.05) is 6.08 Å². The standard InChI is InChI=1S/C6H9NO2S/c1-6(3-2-4-7)5-10(8)9/h2-5,7H,1H3,(H,8,9)/b3-2-,6-5+,7-4?. The van der Waals surface area contributed by atoms with Crippen LogP contribution in [0.2, 0.25) is 0 Å². The van der Waals surface area contributed by atoms with Gasteiger partial charge in [0.05, 0.1) is 0 Å². The molecule has 0 spiro atoms. The highest BCUT2D eigenvalue weighted by atomic mass is 32.2. The van der Waals surface area contributed by atoms with Crippen molar-refractivity contribution >= 4 is 17.3 Å². The molecule has 0 aromatic rings. The second-order valence-electron chi connectivity index (χ2n) is 1.66. The van der Waals surface area contributed by atoms with Crippen molar-refractivity contribution in [2.24, 2.45) is 0 Å². The molecule has 1 atom stereocenters. The molecule has 0 heterocycles. The lowest BCUT2D eigenvalue weighted by Crippen LogP contribution is -1.79. The predicted molar refractivity (Wildman–Crippen MR) is 42.5 cm³/mol. The van der Waals surface area contributed by atoms with Crippen LogP contribution in [0.15, 0.2) is 23.1 Å². The first kappa shape index (κ1) is 9.26. The van der Waals surface area contributed by atoms with Crippen LogP contribution in [0, 0.1) is 5.41 Å². The maximum absolute atomic E-state index is 10.1. The van der Waals surface area contributed by atoms with Gasteiger partial charge < -0.3 is 9.96 Å². The minimum absolute atomic E-state index is 0.671. The third kappa shape index (κ3) is 5.40. The van der Waals surface area contributed by atoms with Crippen molar-refractivity contribution in [3.63, 3.8) is 0 Å². The summed E-state index contributed by atoms with van der Waals surface area (Å²) in [6.45, 7) is 1.69. The monoisotopic (exact) mass is 159 g/mol. The SMILES string of the molecule is CC(/C=C\C=N)=C\S(=O)O. The Morgan fingerprint density at radius 3 is 2.70 bits per heavy atom. The van der Waals surface area contributed by atoms with Gasteiger partial charge in [-0.25, -0.2) is 4.21 Å². The van der Waals surface area contributed by atoms with Crippen molar-refractivity contribution in [1.29, 1.82) is 5.41 Å². The summed E-state index contributed by atoms with van der Waals surface area (Å²) in [5.41, 5.74) is 0.671. The Balaban J connectivity index is 4.06. The third-order valence-electron chi connectivity index (χ3n) is 0.742. The molecule has 0 aliphatic rings. The fourth-order valence-corrected chi connectivity index (χ4v) is 0.795. The van der Waals surface area contributed by atoms with Crippen molar-refractivity contribution in [2.45, 2.75) is 6.92 Å². The summed E-state index contributed by atoms with van der Waals surface area (Å²) in [7, 11) is 0. The normalized spacial score (nSPS) is 15.6. The van der Waals surface area contributed by atoms with E-state index in [1.165, 1.54) is 11.5 Å². The van der Waals surface area contributed by atoms with E-state index in [9.17, 15) is 4.21 Å². The maximum atomic E-state index is 10.1. The van der Waals surface area contributed by atoms with Gasteiger partial charge in [0.25, 0.3) is 0 Å². The fourth-order valence-electron chi connectivity index (χ4n) is 0.398. The van der Waals surface area contributed by atoms with Crippen molar-refractivity contribution < 1.29 is 8.76 Å². The summed E-state index contributed by atoms with van der Waals surface area (Å²) < 4.78 is 18.4. The Kier molecular flexibility index (Phi) is 4.70. The lowest BCUT2D eigenvalue weighted by Gasteiger charge is -1.85. The van der Waals surface area contributed by atoms with Gasteiger partial charge in [-0.15, -0.1) is 0 Å². The summed E-state index contributed by atoms with van der Waals surface area (Å²) in [6.07, 6.45) is 4.18. The molecular formula is C6H9NO2S. The second-order valence-corrected chi connectivity index (χ2v) is 2.45. The van der Waals surface area contributed by atoms with E-state index in [0.717, 1.165) is 6.21 Å². The molecule has 0 bridgehead atoms. The van der Waals surface area contributed by atoms with E-state index < -0.39 is 11.1 Å². The van der Waals surface area contributed by atoms with Gasteiger partial charge >= 0.3 is 0 Å². The molecule has 2 N–H and O–H groups in total. The molecule has 0 amide bonds. The highest BCUT2D eigenvalue weighted by Crippen LogP contribution is 1.94. The highest BCUT2D eigenvalue weighted by molar-refractivity contribution is 7.82. The molecule has 0 aromatic heterocycles. The van der Waals surface area contributed by atoms with Gasteiger partial charge in [-0.05, 0) is 18.6 Å². The molecule has 0 rings (SSSR count). The summed E-state index contributed by atoms with van der Waals surface area (Å²) in [4.78, 5) is 0. The summed E-state index contributed by atoms with van der Waals surface area (Å²) in [6, 6.07) is 0. The lowest BCUT2D eigenvalue weighted by molar-refractivity contribution is 0.574. The first-order valence-corrected chi connectivity index (χ1v) is 3.79. The van der Waals surface area contributed by atoms with Crippen LogP contribution in [-0.4, -0.2) is 15.0 Å².